The highest BCUT2D eigenvalue weighted by molar-refractivity contribution is 9.10. The minimum absolute atomic E-state index is 0.0169. The summed E-state index contributed by atoms with van der Waals surface area (Å²) in [6, 6.07) is 10.3. The molecule has 4 amide bonds. The van der Waals surface area contributed by atoms with E-state index in [1.807, 2.05) is 6.07 Å². The number of nitrogens with one attached hydrogen (secondary N) is 1. The van der Waals surface area contributed by atoms with Crippen LogP contribution in [0.4, 0.5) is 14.0 Å². The van der Waals surface area contributed by atoms with Crippen molar-refractivity contribution in [3.8, 4) is 0 Å². The van der Waals surface area contributed by atoms with Gasteiger partial charge in [0, 0.05) is 42.1 Å². The average molecular weight is 653 g/mol. The number of carbonyl (C=O) groups is 4. The van der Waals surface area contributed by atoms with Gasteiger partial charge in [-0.05, 0) is 54.7 Å². The lowest BCUT2D eigenvalue weighted by Crippen LogP contribution is -2.53. The van der Waals surface area contributed by atoms with Crippen molar-refractivity contribution >= 4 is 50.1 Å². The van der Waals surface area contributed by atoms with E-state index in [4.69, 9.17) is 9.84 Å². The summed E-state index contributed by atoms with van der Waals surface area (Å²) in [5, 5.41) is 8.83. The molecule has 1 unspecified atom stereocenters. The van der Waals surface area contributed by atoms with Gasteiger partial charge in [0.15, 0.2) is 0 Å². The van der Waals surface area contributed by atoms with Crippen molar-refractivity contribution in [2.75, 3.05) is 19.6 Å². The highest BCUT2D eigenvalue weighted by atomic mass is 79.9. The quantitative estimate of drug-likeness (QED) is 0.463. The second-order valence-corrected chi connectivity index (χ2v) is 12.7. The Morgan fingerprint density at radius 2 is 1.83 bits per heavy atom. The van der Waals surface area contributed by atoms with Crippen LogP contribution in [0.2, 0.25) is 0 Å². The molecule has 2 aliphatic heterocycles. The maximum Gasteiger partial charge on any atom is 0.419 e. The molecule has 2 N–H and O–H groups in total. The molecule has 2 heterocycles. The molecule has 12 nitrogen and oxygen atoms in total. The molecular weight excluding hydrogens is 627 g/mol. The largest absolute Gasteiger partial charge is 0.464 e. The minimum Gasteiger partial charge on any atom is -0.464 e. The summed E-state index contributed by atoms with van der Waals surface area (Å²) in [5.41, 5.74) is 0.544. The fourth-order valence-electron chi connectivity index (χ4n) is 5.62. The summed E-state index contributed by atoms with van der Waals surface area (Å²) in [6.07, 6.45) is -1.54. The molecule has 3 aliphatic rings. The van der Waals surface area contributed by atoms with E-state index in [2.05, 4.69) is 15.9 Å². The van der Waals surface area contributed by atoms with Crippen molar-refractivity contribution < 1.29 is 41.8 Å². The van der Waals surface area contributed by atoms with E-state index >= 15 is 0 Å². The predicted octanol–water partition coefficient (Wildman–Crippen LogP) is 2.71. The first-order chi connectivity index (χ1) is 19.4. The monoisotopic (exact) mass is 652 g/mol. The fraction of sp³-hybridized carbons (Fsp3) is 0.385. The molecule has 2 fully saturated rings. The highest BCUT2D eigenvalue weighted by Crippen LogP contribution is 2.46. The summed E-state index contributed by atoms with van der Waals surface area (Å²) in [7, 11) is -4.27. The van der Waals surface area contributed by atoms with Gasteiger partial charge in [0.1, 0.15) is 12.4 Å². The number of piperidine rings is 1. The van der Waals surface area contributed by atoms with Crippen molar-refractivity contribution in [1.82, 2.24) is 18.8 Å². The van der Waals surface area contributed by atoms with Gasteiger partial charge in [-0.2, -0.15) is 12.7 Å². The van der Waals surface area contributed by atoms with Crippen molar-refractivity contribution in [1.29, 1.82) is 0 Å². The van der Waals surface area contributed by atoms with Crippen LogP contribution in [0.3, 0.4) is 0 Å². The summed E-state index contributed by atoms with van der Waals surface area (Å²) in [6.45, 7) is -0.713. The van der Waals surface area contributed by atoms with Gasteiger partial charge in [-0.15, -0.1) is 0 Å². The average Bonchev–Trinajstić information content (AvgIpc) is 3.39. The number of benzene rings is 2. The van der Waals surface area contributed by atoms with Crippen LogP contribution in [0.1, 0.15) is 36.0 Å². The van der Waals surface area contributed by atoms with E-state index in [9.17, 15) is 32.0 Å². The topological polar surface area (TPSA) is 154 Å². The van der Waals surface area contributed by atoms with E-state index in [1.54, 1.807) is 12.1 Å². The lowest BCUT2D eigenvalue weighted by molar-refractivity contribution is -0.143. The zero-order valence-corrected chi connectivity index (χ0v) is 24.0. The number of carboxylic acid groups (broad SMARTS) is 1. The Morgan fingerprint density at radius 1 is 1.15 bits per heavy atom. The van der Waals surface area contributed by atoms with Gasteiger partial charge in [-0.25, -0.2) is 23.6 Å². The van der Waals surface area contributed by atoms with Crippen LogP contribution in [0.15, 0.2) is 46.9 Å². The summed E-state index contributed by atoms with van der Waals surface area (Å²) >= 11 is 3.40. The van der Waals surface area contributed by atoms with Crippen LogP contribution in [-0.4, -0.2) is 77.3 Å². The van der Waals surface area contributed by atoms with E-state index in [1.165, 1.54) is 33.9 Å². The van der Waals surface area contributed by atoms with Crippen LogP contribution in [0.25, 0.3) is 0 Å². The Morgan fingerprint density at radius 3 is 2.49 bits per heavy atom. The molecule has 2 saturated heterocycles. The lowest BCUT2D eigenvalue weighted by Gasteiger charge is -2.38. The van der Waals surface area contributed by atoms with Gasteiger partial charge >= 0.3 is 22.4 Å². The number of fused-ring (bicyclic) bond motifs is 2. The predicted molar refractivity (Wildman–Crippen MR) is 144 cm³/mol. The number of halogens is 2. The summed E-state index contributed by atoms with van der Waals surface area (Å²) in [5.74, 6) is -1.66. The molecule has 0 aromatic heterocycles. The molecule has 0 saturated carbocycles. The van der Waals surface area contributed by atoms with Crippen LogP contribution in [0.5, 0.6) is 0 Å². The SMILES string of the molecule is O=C(O)NS(=O)(=O)N1CCC(N(Cc2ccc(F)cc2)C(=O)CN2C(=O)OC3(CCc4cc(Br)ccc43)C2=O)CC1. The molecule has 15 heteroatoms. The first kappa shape index (κ1) is 29.0. The van der Waals surface area contributed by atoms with E-state index in [-0.39, 0.29) is 38.9 Å². The van der Waals surface area contributed by atoms with Crippen molar-refractivity contribution in [3.63, 3.8) is 0 Å². The second kappa shape index (κ2) is 11.0. The zero-order valence-electron chi connectivity index (χ0n) is 21.6. The molecule has 41 heavy (non-hydrogen) atoms. The Kier molecular flexibility index (Phi) is 7.78. The molecule has 218 valence electrons. The molecule has 2 aromatic carbocycles. The first-order valence-corrected chi connectivity index (χ1v) is 15.0. The molecule has 1 spiro atoms. The number of hydrogen-bond donors (Lipinski definition) is 2. The number of hydrogen-bond acceptors (Lipinski definition) is 7. The molecule has 0 bridgehead atoms. The number of imide groups is 1. The molecule has 5 rings (SSSR count). The third kappa shape index (κ3) is 5.65. The number of nitrogens with zero attached hydrogens (tertiary/aromatic N) is 3. The zero-order chi connectivity index (χ0) is 29.5. The standard InChI is InChI=1S/C26H26BrFN4O8S/c27-18-3-6-21-17(13-18)7-10-26(21)23(34)32(25(37)40-26)15-22(33)31(14-16-1-4-19(28)5-2-16)20-8-11-30(12-9-20)41(38,39)29-24(35)36/h1-6,13,20,29H,7-12,14-15H2,(H,35,36). The molecule has 0 radical (unpaired) electrons. The van der Waals surface area contributed by atoms with Crippen LogP contribution in [-0.2, 0) is 43.1 Å². The van der Waals surface area contributed by atoms with Crippen LogP contribution < -0.4 is 4.72 Å². The Balaban J connectivity index is 1.35. The van der Waals surface area contributed by atoms with Crippen LogP contribution >= 0.6 is 15.9 Å². The number of carbonyl (C=O) groups excluding carboxylic acids is 3. The highest BCUT2D eigenvalue weighted by Gasteiger charge is 2.58. The molecule has 2 aromatic rings. The third-order valence-electron chi connectivity index (χ3n) is 7.62. The van der Waals surface area contributed by atoms with Gasteiger partial charge in [0.25, 0.3) is 5.91 Å². The fourth-order valence-corrected chi connectivity index (χ4v) is 7.07. The number of ether oxygens (including phenoxy) is 1. The van der Waals surface area contributed by atoms with Gasteiger partial charge in [-0.1, -0.05) is 34.1 Å². The van der Waals surface area contributed by atoms with E-state index < -0.39 is 58.2 Å². The van der Waals surface area contributed by atoms with Crippen molar-refractivity contribution in [2.45, 2.75) is 43.9 Å². The minimum atomic E-state index is -4.27. The summed E-state index contributed by atoms with van der Waals surface area (Å²) < 4.78 is 47.0. The Hall–Kier alpha value is -3.56. The Bertz CT molecular complexity index is 1510. The van der Waals surface area contributed by atoms with Gasteiger partial charge < -0.3 is 14.7 Å². The number of aryl methyl sites for hydroxylation is 1. The van der Waals surface area contributed by atoms with Gasteiger partial charge in [-0.3, -0.25) is 9.59 Å². The maximum absolute atomic E-state index is 13.7. The second-order valence-electron chi connectivity index (χ2n) is 10.1. The van der Waals surface area contributed by atoms with E-state index in [0.717, 1.165) is 19.2 Å². The first-order valence-electron chi connectivity index (χ1n) is 12.8. The molecule has 1 aliphatic carbocycles. The number of rotatable bonds is 7. The third-order valence-corrected chi connectivity index (χ3v) is 9.59. The van der Waals surface area contributed by atoms with Gasteiger partial charge in [0.05, 0.1) is 0 Å². The van der Waals surface area contributed by atoms with Crippen molar-refractivity contribution in [3.05, 3.63) is 69.4 Å². The van der Waals surface area contributed by atoms with E-state index in [0.29, 0.717) is 17.5 Å². The molecular formula is C26H26BrFN4O8S. The maximum atomic E-state index is 13.7. The lowest BCUT2D eigenvalue weighted by atomic mass is 9.95. The number of amides is 4. The molecule has 1 atom stereocenters. The normalized spacial score (nSPS) is 21.2. The Labute approximate surface area is 243 Å². The van der Waals surface area contributed by atoms with Gasteiger partial charge in [0.2, 0.25) is 11.5 Å². The smallest absolute Gasteiger partial charge is 0.419 e. The van der Waals surface area contributed by atoms with Crippen LogP contribution in [0, 0.1) is 5.82 Å². The summed E-state index contributed by atoms with van der Waals surface area (Å²) in [4.78, 5) is 53.3. The van der Waals surface area contributed by atoms with Crippen molar-refractivity contribution in [2.24, 2.45) is 0 Å².